The minimum Gasteiger partial charge on any atom is -0.391 e. The van der Waals surface area contributed by atoms with Crippen molar-refractivity contribution in [2.75, 3.05) is 26.2 Å². The monoisotopic (exact) mass is 355 g/mol. The standard InChI is InChI=1S/C14H18BrN3O3/c15-11-3-1-2-9(4-11)14(21)18-8-13(20)17-6-10-5-16-7-12(10)19/h1-4,10,12,16,19H,5-8H2,(H,17,20)(H,18,21). The molecule has 0 radical (unpaired) electrons. The van der Waals surface area contributed by atoms with Gasteiger partial charge < -0.3 is 21.1 Å². The Bertz CT molecular complexity index is 524. The Morgan fingerprint density at radius 2 is 2.14 bits per heavy atom. The van der Waals surface area contributed by atoms with E-state index in [4.69, 9.17) is 0 Å². The number of carbonyl (C=O) groups is 2. The van der Waals surface area contributed by atoms with Gasteiger partial charge in [0.15, 0.2) is 0 Å². The highest BCUT2D eigenvalue weighted by atomic mass is 79.9. The minimum atomic E-state index is -0.429. The number of aliphatic hydroxyl groups excluding tert-OH is 1. The largest absolute Gasteiger partial charge is 0.391 e. The fourth-order valence-corrected chi connectivity index (χ4v) is 2.53. The molecule has 114 valence electrons. The molecule has 21 heavy (non-hydrogen) atoms. The van der Waals surface area contributed by atoms with E-state index < -0.39 is 6.10 Å². The summed E-state index contributed by atoms with van der Waals surface area (Å²) in [5.74, 6) is -0.541. The van der Waals surface area contributed by atoms with Gasteiger partial charge in [0, 0.05) is 35.6 Å². The van der Waals surface area contributed by atoms with Gasteiger partial charge in [0.2, 0.25) is 5.91 Å². The second-order valence-corrected chi connectivity index (χ2v) is 5.90. The lowest BCUT2D eigenvalue weighted by molar-refractivity contribution is -0.120. The lowest BCUT2D eigenvalue weighted by atomic mass is 10.1. The third-order valence-electron chi connectivity index (χ3n) is 3.36. The van der Waals surface area contributed by atoms with Gasteiger partial charge in [0.05, 0.1) is 12.6 Å². The third-order valence-corrected chi connectivity index (χ3v) is 3.86. The van der Waals surface area contributed by atoms with E-state index in [1.807, 2.05) is 6.07 Å². The van der Waals surface area contributed by atoms with Crippen LogP contribution in [0.1, 0.15) is 10.4 Å². The predicted molar refractivity (Wildman–Crippen MR) is 81.9 cm³/mol. The number of hydrogen-bond donors (Lipinski definition) is 4. The lowest BCUT2D eigenvalue weighted by Gasteiger charge is -2.14. The molecule has 0 aromatic heterocycles. The maximum absolute atomic E-state index is 11.9. The summed E-state index contributed by atoms with van der Waals surface area (Å²) in [5, 5.41) is 17.9. The fourth-order valence-electron chi connectivity index (χ4n) is 2.13. The third kappa shape index (κ3) is 4.80. The van der Waals surface area contributed by atoms with E-state index >= 15 is 0 Å². The molecule has 6 nitrogen and oxygen atoms in total. The number of hydrogen-bond acceptors (Lipinski definition) is 4. The smallest absolute Gasteiger partial charge is 0.251 e. The van der Waals surface area contributed by atoms with Gasteiger partial charge >= 0.3 is 0 Å². The zero-order valence-electron chi connectivity index (χ0n) is 11.4. The summed E-state index contributed by atoms with van der Waals surface area (Å²) in [6, 6.07) is 6.95. The van der Waals surface area contributed by atoms with E-state index in [1.165, 1.54) is 0 Å². The van der Waals surface area contributed by atoms with E-state index in [2.05, 4.69) is 31.9 Å². The number of benzene rings is 1. The number of amides is 2. The average molecular weight is 356 g/mol. The number of carbonyl (C=O) groups excluding carboxylic acids is 2. The topological polar surface area (TPSA) is 90.5 Å². The molecule has 2 amide bonds. The van der Waals surface area contributed by atoms with Crippen molar-refractivity contribution in [1.82, 2.24) is 16.0 Å². The van der Waals surface area contributed by atoms with E-state index in [1.54, 1.807) is 18.2 Å². The number of β-amino-alcohol motifs (C(OH)–C–C–N with tert-alkyl or cyclic N) is 1. The average Bonchev–Trinajstić information content (AvgIpc) is 2.88. The molecule has 7 heteroatoms. The fraction of sp³-hybridized carbons (Fsp3) is 0.429. The van der Waals surface area contributed by atoms with Crippen molar-refractivity contribution in [2.45, 2.75) is 6.10 Å². The molecule has 1 aromatic rings. The van der Waals surface area contributed by atoms with Crippen molar-refractivity contribution in [2.24, 2.45) is 5.92 Å². The molecule has 1 aliphatic heterocycles. The van der Waals surface area contributed by atoms with Crippen LogP contribution in [0.15, 0.2) is 28.7 Å². The highest BCUT2D eigenvalue weighted by Crippen LogP contribution is 2.11. The molecule has 1 aliphatic rings. The number of nitrogens with one attached hydrogen (secondary N) is 3. The van der Waals surface area contributed by atoms with E-state index in [0.717, 1.165) is 4.47 Å². The maximum atomic E-state index is 11.9. The molecule has 4 N–H and O–H groups in total. The van der Waals surface area contributed by atoms with Crippen LogP contribution in [0.4, 0.5) is 0 Å². The molecule has 2 unspecified atom stereocenters. The summed E-state index contributed by atoms with van der Waals surface area (Å²) in [7, 11) is 0. The molecule has 0 saturated carbocycles. The van der Waals surface area contributed by atoms with Crippen molar-refractivity contribution in [3.8, 4) is 0 Å². The molecule has 0 spiro atoms. The molecular formula is C14H18BrN3O3. The van der Waals surface area contributed by atoms with Gasteiger partial charge in [-0.2, -0.15) is 0 Å². The van der Waals surface area contributed by atoms with Crippen LogP contribution in [0.5, 0.6) is 0 Å². The molecule has 0 aliphatic carbocycles. The van der Waals surface area contributed by atoms with Gasteiger partial charge in [-0.25, -0.2) is 0 Å². The molecule has 1 fully saturated rings. The van der Waals surface area contributed by atoms with Gasteiger partial charge in [-0.15, -0.1) is 0 Å². The van der Waals surface area contributed by atoms with E-state index in [0.29, 0.717) is 25.2 Å². The molecule has 0 bridgehead atoms. The van der Waals surface area contributed by atoms with E-state index in [9.17, 15) is 14.7 Å². The summed E-state index contributed by atoms with van der Waals surface area (Å²) >= 11 is 3.29. The van der Waals surface area contributed by atoms with Gasteiger partial charge in [0.25, 0.3) is 5.91 Å². The Labute approximate surface area is 131 Å². The first-order chi connectivity index (χ1) is 10.1. The SMILES string of the molecule is O=C(CNC(=O)c1cccc(Br)c1)NCC1CNCC1O. The minimum absolute atomic E-state index is 0.0229. The zero-order valence-corrected chi connectivity index (χ0v) is 13.0. The molecule has 1 heterocycles. The highest BCUT2D eigenvalue weighted by Gasteiger charge is 2.24. The summed E-state index contributed by atoms with van der Waals surface area (Å²) in [4.78, 5) is 23.5. The zero-order chi connectivity index (χ0) is 15.2. The summed E-state index contributed by atoms with van der Waals surface area (Å²) in [6.45, 7) is 1.56. The summed E-state index contributed by atoms with van der Waals surface area (Å²) in [5.41, 5.74) is 0.493. The molecule has 2 rings (SSSR count). The first kappa shape index (κ1) is 15.9. The highest BCUT2D eigenvalue weighted by molar-refractivity contribution is 9.10. The maximum Gasteiger partial charge on any atom is 0.251 e. The Balaban J connectivity index is 1.72. The van der Waals surface area contributed by atoms with Gasteiger partial charge in [-0.1, -0.05) is 22.0 Å². The van der Waals surface area contributed by atoms with Crippen molar-refractivity contribution in [3.05, 3.63) is 34.3 Å². The van der Waals surface area contributed by atoms with Crippen LogP contribution in [0.3, 0.4) is 0 Å². The lowest BCUT2D eigenvalue weighted by Crippen LogP contribution is -2.40. The second kappa shape index (κ2) is 7.53. The normalized spacial score (nSPS) is 21.0. The van der Waals surface area contributed by atoms with Crippen molar-refractivity contribution in [3.63, 3.8) is 0 Å². The van der Waals surface area contributed by atoms with Crippen LogP contribution in [-0.2, 0) is 4.79 Å². The van der Waals surface area contributed by atoms with E-state index in [-0.39, 0.29) is 24.3 Å². The predicted octanol–water partition coefficient (Wildman–Crippen LogP) is -0.125. The van der Waals surface area contributed by atoms with Crippen LogP contribution < -0.4 is 16.0 Å². The Morgan fingerprint density at radius 1 is 1.33 bits per heavy atom. The molecular weight excluding hydrogens is 338 g/mol. The van der Waals surface area contributed by atoms with Gasteiger partial charge in [-0.05, 0) is 18.2 Å². The van der Waals surface area contributed by atoms with Crippen LogP contribution in [0.2, 0.25) is 0 Å². The van der Waals surface area contributed by atoms with Crippen LogP contribution in [0, 0.1) is 5.92 Å². The number of aliphatic hydroxyl groups is 1. The number of halogens is 1. The quantitative estimate of drug-likeness (QED) is 0.592. The molecule has 1 aromatic carbocycles. The van der Waals surface area contributed by atoms with Gasteiger partial charge in [-0.3, -0.25) is 9.59 Å². The Hall–Kier alpha value is -1.44. The Morgan fingerprint density at radius 3 is 2.81 bits per heavy atom. The van der Waals surface area contributed by atoms with Crippen LogP contribution in [0.25, 0.3) is 0 Å². The van der Waals surface area contributed by atoms with Crippen molar-refractivity contribution in [1.29, 1.82) is 0 Å². The molecule has 1 saturated heterocycles. The van der Waals surface area contributed by atoms with Crippen molar-refractivity contribution >= 4 is 27.7 Å². The van der Waals surface area contributed by atoms with Crippen LogP contribution in [-0.4, -0.2) is 49.2 Å². The Kier molecular flexibility index (Phi) is 5.72. The van der Waals surface area contributed by atoms with Crippen molar-refractivity contribution < 1.29 is 14.7 Å². The van der Waals surface area contributed by atoms with Crippen LogP contribution >= 0.6 is 15.9 Å². The first-order valence-corrected chi connectivity index (χ1v) is 7.55. The summed E-state index contributed by atoms with van der Waals surface area (Å²) < 4.78 is 0.808. The van der Waals surface area contributed by atoms with Gasteiger partial charge in [0.1, 0.15) is 0 Å². The summed E-state index contributed by atoms with van der Waals surface area (Å²) in [6.07, 6.45) is -0.429. The molecule has 2 atom stereocenters. The second-order valence-electron chi connectivity index (χ2n) is 4.98. The number of rotatable bonds is 5. The first-order valence-electron chi connectivity index (χ1n) is 6.75.